The predicted octanol–water partition coefficient (Wildman–Crippen LogP) is 3.86. The molecule has 0 saturated carbocycles. The first-order valence-corrected chi connectivity index (χ1v) is 7.91. The van der Waals surface area contributed by atoms with Gasteiger partial charge in [0.25, 0.3) is 0 Å². The van der Waals surface area contributed by atoms with Gasteiger partial charge in [0.1, 0.15) is 0 Å². The maximum absolute atomic E-state index is 11.7. The van der Waals surface area contributed by atoms with Gasteiger partial charge in [-0.3, -0.25) is 10.3 Å². The molecule has 1 heterocycles. The van der Waals surface area contributed by atoms with Gasteiger partial charge >= 0.3 is 6.09 Å². The molecule has 0 aliphatic carbocycles. The first-order chi connectivity index (χ1) is 10.5. The number of carbonyl (C=O) groups excluding carboxylic acids is 1. The molecule has 0 spiro atoms. The van der Waals surface area contributed by atoms with Gasteiger partial charge in [-0.05, 0) is 32.9 Å². The lowest BCUT2D eigenvalue weighted by Crippen LogP contribution is -2.46. The van der Waals surface area contributed by atoms with E-state index < -0.39 is 6.09 Å². The fourth-order valence-electron chi connectivity index (χ4n) is 2.52. The van der Waals surface area contributed by atoms with E-state index >= 15 is 0 Å². The Morgan fingerprint density at radius 3 is 2.64 bits per heavy atom. The average molecular weight is 344 g/mol. The SMILES string of the molecule is CCOC(=O)NC1=NCC(c2c(Cl)cccc2Cl)N1C(C)C. The molecular weight excluding hydrogens is 325 g/mol. The third kappa shape index (κ3) is 3.47. The number of halogens is 2. The number of amides is 1. The number of alkyl carbamates (subject to hydrolysis) is 1. The highest BCUT2D eigenvalue weighted by Crippen LogP contribution is 2.37. The van der Waals surface area contributed by atoms with Crippen molar-refractivity contribution < 1.29 is 9.53 Å². The van der Waals surface area contributed by atoms with Crippen molar-refractivity contribution in [3.05, 3.63) is 33.8 Å². The van der Waals surface area contributed by atoms with Gasteiger partial charge in [-0.2, -0.15) is 0 Å². The van der Waals surface area contributed by atoms with Gasteiger partial charge in [-0.25, -0.2) is 4.79 Å². The number of nitrogens with one attached hydrogen (secondary N) is 1. The van der Waals surface area contributed by atoms with Crippen LogP contribution < -0.4 is 5.32 Å². The van der Waals surface area contributed by atoms with Crippen molar-refractivity contribution in [2.45, 2.75) is 32.9 Å². The molecule has 1 amide bonds. The maximum Gasteiger partial charge on any atom is 0.413 e. The van der Waals surface area contributed by atoms with E-state index in [-0.39, 0.29) is 12.1 Å². The van der Waals surface area contributed by atoms with Crippen LogP contribution in [0, 0.1) is 0 Å². The predicted molar refractivity (Wildman–Crippen MR) is 88.6 cm³/mol. The van der Waals surface area contributed by atoms with Crippen molar-refractivity contribution in [2.75, 3.05) is 13.2 Å². The molecule has 22 heavy (non-hydrogen) atoms. The van der Waals surface area contributed by atoms with Crippen molar-refractivity contribution in [1.29, 1.82) is 0 Å². The lowest BCUT2D eigenvalue weighted by molar-refractivity contribution is 0.155. The summed E-state index contributed by atoms with van der Waals surface area (Å²) < 4.78 is 4.91. The molecule has 0 saturated heterocycles. The van der Waals surface area contributed by atoms with Crippen LogP contribution in [0.5, 0.6) is 0 Å². The Morgan fingerprint density at radius 1 is 1.45 bits per heavy atom. The smallest absolute Gasteiger partial charge is 0.413 e. The highest BCUT2D eigenvalue weighted by molar-refractivity contribution is 6.36. The number of aliphatic imine (C=N–C) groups is 1. The second-order valence-electron chi connectivity index (χ2n) is 5.16. The van der Waals surface area contributed by atoms with Gasteiger partial charge in [0.05, 0.1) is 19.2 Å². The summed E-state index contributed by atoms with van der Waals surface area (Å²) in [6, 6.07) is 5.41. The maximum atomic E-state index is 11.7. The summed E-state index contributed by atoms with van der Waals surface area (Å²) in [5.74, 6) is 0.481. The largest absolute Gasteiger partial charge is 0.450 e. The molecule has 120 valence electrons. The molecule has 0 fully saturated rings. The van der Waals surface area contributed by atoms with Crippen molar-refractivity contribution in [3.63, 3.8) is 0 Å². The van der Waals surface area contributed by atoms with E-state index in [4.69, 9.17) is 27.9 Å². The minimum atomic E-state index is -0.516. The van der Waals surface area contributed by atoms with Crippen LogP contribution in [0.2, 0.25) is 10.0 Å². The highest BCUT2D eigenvalue weighted by atomic mass is 35.5. The second kappa shape index (κ2) is 7.20. The van der Waals surface area contributed by atoms with Crippen LogP contribution in [0.4, 0.5) is 4.79 Å². The van der Waals surface area contributed by atoms with Crippen molar-refractivity contribution >= 4 is 35.3 Å². The van der Waals surface area contributed by atoms with Crippen molar-refractivity contribution in [1.82, 2.24) is 10.2 Å². The van der Waals surface area contributed by atoms with Crippen LogP contribution in [0.15, 0.2) is 23.2 Å². The summed E-state index contributed by atoms with van der Waals surface area (Å²) >= 11 is 12.6. The fraction of sp³-hybridized carbons (Fsp3) is 0.467. The van der Waals surface area contributed by atoms with Crippen LogP contribution in [0.1, 0.15) is 32.4 Å². The summed E-state index contributed by atoms with van der Waals surface area (Å²) in [6.07, 6.45) is -0.516. The number of hydrogen-bond acceptors (Lipinski definition) is 4. The van der Waals surface area contributed by atoms with Crippen molar-refractivity contribution in [2.24, 2.45) is 4.99 Å². The molecule has 1 aliphatic heterocycles. The topological polar surface area (TPSA) is 53.9 Å². The molecule has 0 aromatic heterocycles. The number of ether oxygens (including phenoxy) is 1. The zero-order valence-corrected chi connectivity index (χ0v) is 14.3. The molecule has 1 aliphatic rings. The van der Waals surface area contributed by atoms with E-state index in [9.17, 15) is 4.79 Å². The van der Waals surface area contributed by atoms with Crippen LogP contribution in [-0.4, -0.2) is 36.1 Å². The van der Waals surface area contributed by atoms with E-state index in [2.05, 4.69) is 10.3 Å². The summed E-state index contributed by atoms with van der Waals surface area (Å²) in [4.78, 5) is 18.1. The quantitative estimate of drug-likeness (QED) is 0.906. The Morgan fingerprint density at radius 2 is 2.09 bits per heavy atom. The van der Waals surface area contributed by atoms with E-state index in [1.165, 1.54) is 0 Å². The summed E-state index contributed by atoms with van der Waals surface area (Å²) in [5, 5.41) is 3.87. The number of guanidine groups is 1. The molecule has 5 nitrogen and oxygen atoms in total. The average Bonchev–Trinajstić information content (AvgIpc) is 2.82. The Labute approximate surface area is 140 Å². The Balaban J connectivity index is 2.27. The van der Waals surface area contributed by atoms with Gasteiger partial charge in [-0.15, -0.1) is 0 Å². The molecular formula is C15H19Cl2N3O2. The molecule has 1 unspecified atom stereocenters. The van der Waals surface area contributed by atoms with Gasteiger partial charge in [0, 0.05) is 21.7 Å². The minimum Gasteiger partial charge on any atom is -0.450 e. The van der Waals surface area contributed by atoms with Gasteiger partial charge in [0.2, 0.25) is 5.96 Å². The van der Waals surface area contributed by atoms with E-state index in [0.29, 0.717) is 29.2 Å². The first-order valence-electron chi connectivity index (χ1n) is 7.16. The Kier molecular flexibility index (Phi) is 5.53. The molecule has 1 atom stereocenters. The monoisotopic (exact) mass is 343 g/mol. The first kappa shape index (κ1) is 16.9. The van der Waals surface area contributed by atoms with E-state index in [1.54, 1.807) is 19.1 Å². The summed E-state index contributed by atoms with van der Waals surface area (Å²) in [6.45, 7) is 6.57. The van der Waals surface area contributed by atoms with E-state index in [1.807, 2.05) is 24.8 Å². The molecule has 2 rings (SSSR count). The van der Waals surface area contributed by atoms with Crippen molar-refractivity contribution in [3.8, 4) is 0 Å². The Bertz CT molecular complexity index is 570. The lowest BCUT2D eigenvalue weighted by atomic mass is 10.0. The van der Waals surface area contributed by atoms with Gasteiger partial charge in [-0.1, -0.05) is 29.3 Å². The molecule has 7 heteroatoms. The molecule has 1 N–H and O–H groups in total. The van der Waals surface area contributed by atoms with Crippen LogP contribution in [-0.2, 0) is 4.74 Å². The minimum absolute atomic E-state index is 0.112. The van der Waals surface area contributed by atoms with Crippen LogP contribution in [0.25, 0.3) is 0 Å². The number of carbonyl (C=O) groups is 1. The zero-order valence-electron chi connectivity index (χ0n) is 12.8. The number of rotatable bonds is 3. The highest BCUT2D eigenvalue weighted by Gasteiger charge is 2.34. The summed E-state index contributed by atoms with van der Waals surface area (Å²) in [5.41, 5.74) is 0.823. The molecule has 1 aromatic carbocycles. The van der Waals surface area contributed by atoms with Crippen LogP contribution in [0.3, 0.4) is 0 Å². The molecule has 0 radical (unpaired) electrons. The number of nitrogens with zero attached hydrogens (tertiary/aromatic N) is 2. The third-order valence-electron chi connectivity index (χ3n) is 3.37. The molecule has 0 bridgehead atoms. The normalized spacial score (nSPS) is 17.6. The molecule has 1 aromatic rings. The lowest BCUT2D eigenvalue weighted by Gasteiger charge is -2.32. The number of benzene rings is 1. The van der Waals surface area contributed by atoms with Gasteiger partial charge in [0.15, 0.2) is 0 Å². The van der Waals surface area contributed by atoms with Gasteiger partial charge < -0.3 is 9.64 Å². The Hall–Kier alpha value is -1.46. The van der Waals surface area contributed by atoms with Crippen LogP contribution >= 0.6 is 23.2 Å². The zero-order chi connectivity index (χ0) is 16.3. The van der Waals surface area contributed by atoms with E-state index in [0.717, 1.165) is 5.56 Å². The number of hydrogen-bond donors (Lipinski definition) is 1. The second-order valence-corrected chi connectivity index (χ2v) is 5.98. The third-order valence-corrected chi connectivity index (χ3v) is 4.03. The summed E-state index contributed by atoms with van der Waals surface area (Å²) in [7, 11) is 0. The standard InChI is InChI=1S/C15H19Cl2N3O2/c1-4-22-15(21)19-14-18-8-12(20(14)9(2)3)13-10(16)6-5-7-11(13)17/h5-7,9,12H,4,8H2,1-3H3,(H,18,19,21). The fourth-order valence-corrected chi connectivity index (χ4v) is 3.17.